The number of benzene rings is 1. The van der Waals surface area contributed by atoms with E-state index in [1.54, 1.807) is 41.6 Å². The molecule has 1 fully saturated rings. The van der Waals surface area contributed by atoms with E-state index in [-0.39, 0.29) is 18.1 Å². The minimum absolute atomic E-state index is 0.0555. The molecule has 1 aromatic carbocycles. The Hall–Kier alpha value is -4.19. The number of imidazole rings is 1. The largest absolute Gasteiger partial charge is 0.490 e. The van der Waals surface area contributed by atoms with Gasteiger partial charge in [0.25, 0.3) is 5.91 Å². The number of aromatic nitrogens is 5. The number of amides is 1. The number of nitrogens with zero attached hydrogens (tertiary/aromatic N) is 5. The number of carbonyl (C=O) groups excluding carboxylic acids is 1. The minimum Gasteiger partial charge on any atom is -0.490 e. The Labute approximate surface area is 184 Å². The lowest BCUT2D eigenvalue weighted by Crippen LogP contribution is -2.40. The van der Waals surface area contributed by atoms with Crippen LogP contribution in [0, 0.1) is 11.3 Å². The van der Waals surface area contributed by atoms with Gasteiger partial charge in [0.2, 0.25) is 5.95 Å². The molecular formula is C23H21N7O2. The quantitative estimate of drug-likeness (QED) is 0.505. The first kappa shape index (κ1) is 19.8. The maximum absolute atomic E-state index is 13.1. The molecule has 3 heterocycles. The monoisotopic (exact) mass is 427 g/mol. The maximum Gasteiger partial charge on any atom is 0.272 e. The Morgan fingerprint density at radius 3 is 2.69 bits per heavy atom. The van der Waals surface area contributed by atoms with Crippen molar-refractivity contribution >= 4 is 16.9 Å². The van der Waals surface area contributed by atoms with Crippen molar-refractivity contribution in [2.75, 3.05) is 0 Å². The summed E-state index contributed by atoms with van der Waals surface area (Å²) in [5.41, 5.74) is 2.22. The van der Waals surface area contributed by atoms with Gasteiger partial charge in [-0.3, -0.25) is 9.36 Å². The summed E-state index contributed by atoms with van der Waals surface area (Å²) in [5, 5.41) is 12.0. The third-order valence-electron chi connectivity index (χ3n) is 5.64. The van der Waals surface area contributed by atoms with Crippen molar-refractivity contribution in [3.05, 3.63) is 66.5 Å². The second kappa shape index (κ2) is 8.51. The second-order valence-corrected chi connectivity index (χ2v) is 7.78. The Balaban J connectivity index is 1.24. The fraction of sp³-hybridized carbons (Fsp3) is 0.261. The average Bonchev–Trinajstić information content (AvgIpc) is 3.52. The Morgan fingerprint density at radius 2 is 1.97 bits per heavy atom. The SMILES string of the molecule is N#Cc1ccc(OC2CCC(NC(=O)c3nc(-n4ccnc4)nc4cc[nH]c34)CC2)cc1. The van der Waals surface area contributed by atoms with E-state index in [1.807, 2.05) is 18.2 Å². The van der Waals surface area contributed by atoms with Crippen molar-refractivity contribution in [1.29, 1.82) is 5.26 Å². The fourth-order valence-corrected chi connectivity index (χ4v) is 3.97. The molecule has 0 unspecified atom stereocenters. The number of hydrogen-bond donors (Lipinski definition) is 2. The van der Waals surface area contributed by atoms with Gasteiger partial charge in [0.1, 0.15) is 12.1 Å². The second-order valence-electron chi connectivity index (χ2n) is 7.78. The number of H-pyrrole nitrogens is 1. The van der Waals surface area contributed by atoms with Crippen LogP contribution in [0.2, 0.25) is 0 Å². The molecule has 1 saturated carbocycles. The number of hydrogen-bond acceptors (Lipinski definition) is 6. The lowest BCUT2D eigenvalue weighted by atomic mass is 9.92. The maximum atomic E-state index is 13.1. The molecule has 1 aliphatic carbocycles. The van der Waals surface area contributed by atoms with Gasteiger partial charge in [0.15, 0.2) is 5.69 Å². The molecule has 0 saturated heterocycles. The summed E-state index contributed by atoms with van der Waals surface area (Å²) in [6.07, 6.45) is 10.1. The molecule has 160 valence electrons. The van der Waals surface area contributed by atoms with Crippen LogP contribution < -0.4 is 10.1 Å². The topological polar surface area (TPSA) is 122 Å². The van der Waals surface area contributed by atoms with E-state index in [0.717, 1.165) is 31.4 Å². The first-order valence-corrected chi connectivity index (χ1v) is 10.5. The molecule has 1 amide bonds. The molecule has 0 atom stereocenters. The van der Waals surface area contributed by atoms with E-state index in [1.165, 1.54) is 0 Å². The smallest absolute Gasteiger partial charge is 0.272 e. The summed E-state index contributed by atoms with van der Waals surface area (Å²) in [6, 6.07) is 11.1. The number of aromatic amines is 1. The van der Waals surface area contributed by atoms with E-state index in [9.17, 15) is 4.79 Å². The first-order valence-electron chi connectivity index (χ1n) is 10.5. The summed E-state index contributed by atoms with van der Waals surface area (Å²) in [7, 11) is 0. The predicted octanol–water partition coefficient (Wildman–Crippen LogP) is 3.14. The highest BCUT2D eigenvalue weighted by atomic mass is 16.5. The number of fused-ring (bicyclic) bond motifs is 1. The van der Waals surface area contributed by atoms with Crippen LogP contribution >= 0.6 is 0 Å². The third-order valence-corrected chi connectivity index (χ3v) is 5.64. The van der Waals surface area contributed by atoms with Crippen molar-refractivity contribution in [1.82, 2.24) is 29.8 Å². The van der Waals surface area contributed by atoms with Crippen LogP contribution in [0.4, 0.5) is 0 Å². The van der Waals surface area contributed by atoms with Crippen LogP contribution in [0.1, 0.15) is 41.7 Å². The number of ether oxygens (including phenoxy) is 1. The molecule has 0 radical (unpaired) electrons. The van der Waals surface area contributed by atoms with E-state index >= 15 is 0 Å². The molecular weight excluding hydrogens is 406 g/mol. The average molecular weight is 427 g/mol. The highest BCUT2D eigenvalue weighted by Crippen LogP contribution is 2.25. The van der Waals surface area contributed by atoms with Crippen molar-refractivity contribution < 1.29 is 9.53 Å². The molecule has 1 aliphatic rings. The van der Waals surface area contributed by atoms with Gasteiger partial charge in [-0.05, 0) is 56.0 Å². The highest BCUT2D eigenvalue weighted by molar-refractivity contribution is 6.03. The first-order chi connectivity index (χ1) is 15.7. The third kappa shape index (κ3) is 4.03. The molecule has 0 spiro atoms. The number of nitrogens with one attached hydrogen (secondary N) is 2. The molecule has 9 nitrogen and oxygen atoms in total. The van der Waals surface area contributed by atoms with Gasteiger partial charge in [-0.1, -0.05) is 0 Å². The predicted molar refractivity (Wildman–Crippen MR) is 116 cm³/mol. The zero-order chi connectivity index (χ0) is 21.9. The van der Waals surface area contributed by atoms with Gasteiger partial charge in [0.05, 0.1) is 28.8 Å². The van der Waals surface area contributed by atoms with Crippen LogP contribution in [-0.4, -0.2) is 42.6 Å². The van der Waals surface area contributed by atoms with Gasteiger partial charge in [0, 0.05) is 24.6 Å². The zero-order valence-electron chi connectivity index (χ0n) is 17.2. The Bertz CT molecular complexity index is 1260. The Kier molecular flexibility index (Phi) is 5.25. The summed E-state index contributed by atoms with van der Waals surface area (Å²) >= 11 is 0. The van der Waals surface area contributed by atoms with Crippen molar-refractivity contribution in [3.8, 4) is 17.8 Å². The number of carbonyl (C=O) groups is 1. The molecule has 2 N–H and O–H groups in total. The fourth-order valence-electron chi connectivity index (χ4n) is 3.97. The zero-order valence-corrected chi connectivity index (χ0v) is 17.2. The van der Waals surface area contributed by atoms with Crippen molar-refractivity contribution in [3.63, 3.8) is 0 Å². The van der Waals surface area contributed by atoms with E-state index in [4.69, 9.17) is 10.00 Å². The molecule has 4 aromatic rings. The Morgan fingerprint density at radius 1 is 1.16 bits per heavy atom. The van der Waals surface area contributed by atoms with E-state index < -0.39 is 0 Å². The van der Waals surface area contributed by atoms with Crippen LogP contribution in [0.15, 0.2) is 55.2 Å². The standard InChI is InChI=1S/C23H21N7O2/c24-13-15-1-5-17(6-2-15)32-18-7-3-16(4-8-18)27-22(31)21-20-19(9-10-26-20)28-23(29-21)30-12-11-25-14-30/h1-2,5-6,9-12,14,16,18,26H,3-4,7-8H2,(H,27,31). The molecule has 32 heavy (non-hydrogen) atoms. The molecule has 0 bridgehead atoms. The number of nitriles is 1. The summed E-state index contributed by atoms with van der Waals surface area (Å²) in [4.78, 5) is 29.2. The van der Waals surface area contributed by atoms with Gasteiger partial charge < -0.3 is 15.0 Å². The van der Waals surface area contributed by atoms with Crippen LogP contribution in [0.3, 0.4) is 0 Å². The van der Waals surface area contributed by atoms with Gasteiger partial charge in [-0.15, -0.1) is 0 Å². The lowest BCUT2D eigenvalue weighted by molar-refractivity contribution is 0.0890. The lowest BCUT2D eigenvalue weighted by Gasteiger charge is -2.29. The molecule has 0 aliphatic heterocycles. The van der Waals surface area contributed by atoms with Gasteiger partial charge in [-0.2, -0.15) is 5.26 Å². The summed E-state index contributed by atoms with van der Waals surface area (Å²) in [5.74, 6) is 0.940. The minimum atomic E-state index is -0.224. The summed E-state index contributed by atoms with van der Waals surface area (Å²) in [6.45, 7) is 0. The van der Waals surface area contributed by atoms with Gasteiger partial charge >= 0.3 is 0 Å². The van der Waals surface area contributed by atoms with Crippen LogP contribution in [0.5, 0.6) is 5.75 Å². The highest BCUT2D eigenvalue weighted by Gasteiger charge is 2.25. The van der Waals surface area contributed by atoms with Crippen LogP contribution in [0.25, 0.3) is 17.0 Å². The van der Waals surface area contributed by atoms with E-state index in [0.29, 0.717) is 28.2 Å². The number of rotatable bonds is 5. The van der Waals surface area contributed by atoms with Crippen molar-refractivity contribution in [2.45, 2.75) is 37.8 Å². The molecule has 3 aromatic heterocycles. The van der Waals surface area contributed by atoms with Gasteiger partial charge in [-0.25, -0.2) is 15.0 Å². The van der Waals surface area contributed by atoms with Crippen molar-refractivity contribution in [2.24, 2.45) is 0 Å². The van der Waals surface area contributed by atoms with E-state index in [2.05, 4.69) is 31.3 Å². The van der Waals surface area contributed by atoms with Crippen LogP contribution in [-0.2, 0) is 0 Å². The summed E-state index contributed by atoms with van der Waals surface area (Å²) < 4.78 is 7.72. The normalized spacial score (nSPS) is 18.2. The molecule has 9 heteroatoms. The molecule has 5 rings (SSSR count).